The van der Waals surface area contributed by atoms with Crippen molar-refractivity contribution in [2.24, 2.45) is 5.92 Å². The fourth-order valence-corrected chi connectivity index (χ4v) is 3.65. The third kappa shape index (κ3) is 0.826. The minimum atomic E-state index is -0.00551. The van der Waals surface area contributed by atoms with E-state index in [-0.39, 0.29) is 6.10 Å². The maximum Gasteiger partial charge on any atom is 0.0698 e. The summed E-state index contributed by atoms with van der Waals surface area (Å²) in [6.07, 6.45) is 6.41. The van der Waals surface area contributed by atoms with Crippen molar-refractivity contribution in [3.05, 3.63) is 0 Å². The first kappa shape index (κ1) is 7.34. The number of hydrogen-bond acceptors (Lipinski definition) is 2. The van der Waals surface area contributed by atoms with Crippen molar-refractivity contribution in [3.63, 3.8) is 0 Å². The second-order valence-corrected chi connectivity index (χ2v) is 4.66. The summed E-state index contributed by atoms with van der Waals surface area (Å²) in [5, 5.41) is 9.86. The Morgan fingerprint density at radius 1 is 1.17 bits per heavy atom. The molecule has 0 radical (unpaired) electrons. The molecule has 3 rings (SSSR count). The van der Waals surface area contributed by atoms with E-state index in [1.807, 2.05) is 0 Å². The van der Waals surface area contributed by atoms with E-state index in [9.17, 15) is 5.11 Å². The van der Waals surface area contributed by atoms with E-state index >= 15 is 0 Å². The summed E-state index contributed by atoms with van der Waals surface area (Å²) >= 11 is 0. The summed E-state index contributed by atoms with van der Waals surface area (Å²) in [6.45, 7) is 1.25. The molecule has 1 N–H and O–H groups in total. The lowest BCUT2D eigenvalue weighted by Gasteiger charge is -2.41. The van der Waals surface area contributed by atoms with Crippen LogP contribution in [0.3, 0.4) is 0 Å². The Hall–Kier alpha value is -0.0800. The van der Waals surface area contributed by atoms with Gasteiger partial charge in [0.05, 0.1) is 6.10 Å². The van der Waals surface area contributed by atoms with Gasteiger partial charge in [-0.1, -0.05) is 0 Å². The lowest BCUT2D eigenvalue weighted by atomic mass is 9.88. The van der Waals surface area contributed by atoms with Crippen molar-refractivity contribution in [1.82, 2.24) is 4.90 Å². The van der Waals surface area contributed by atoms with Crippen molar-refractivity contribution in [3.8, 4) is 0 Å². The maximum atomic E-state index is 9.86. The molecular weight excluding hydrogens is 150 g/mol. The van der Waals surface area contributed by atoms with Crippen molar-refractivity contribution >= 4 is 0 Å². The lowest BCUT2D eigenvalue weighted by molar-refractivity contribution is -0.0129. The summed E-state index contributed by atoms with van der Waals surface area (Å²) in [6, 6.07) is 1.39. The Morgan fingerprint density at radius 3 is 2.92 bits per heavy atom. The van der Waals surface area contributed by atoms with E-state index in [0.717, 1.165) is 18.4 Å². The predicted octanol–water partition coefficient (Wildman–Crippen LogP) is 0.994. The minimum Gasteiger partial charge on any atom is -0.391 e. The highest BCUT2D eigenvalue weighted by atomic mass is 16.3. The molecule has 12 heavy (non-hydrogen) atoms. The van der Waals surface area contributed by atoms with Crippen LogP contribution in [0.15, 0.2) is 0 Å². The van der Waals surface area contributed by atoms with E-state index in [1.54, 1.807) is 0 Å². The average molecular weight is 167 g/mol. The SMILES string of the molecule is O[C@H]1CC[C@H]2C[C@@H]3CCCN2[C@@H]31. The molecule has 2 nitrogen and oxygen atoms in total. The predicted molar refractivity (Wildman–Crippen MR) is 46.9 cm³/mol. The van der Waals surface area contributed by atoms with Crippen molar-refractivity contribution in [1.29, 1.82) is 0 Å². The van der Waals surface area contributed by atoms with Gasteiger partial charge in [0.25, 0.3) is 0 Å². The highest BCUT2D eigenvalue weighted by Crippen LogP contribution is 2.44. The topological polar surface area (TPSA) is 23.5 Å². The first-order valence-electron chi connectivity index (χ1n) is 5.30. The summed E-state index contributed by atoms with van der Waals surface area (Å²) in [5.74, 6) is 0.834. The fraction of sp³-hybridized carbons (Fsp3) is 1.00. The van der Waals surface area contributed by atoms with Crippen LogP contribution in [0.1, 0.15) is 32.1 Å². The lowest BCUT2D eigenvalue weighted by Crippen LogP contribution is -2.51. The van der Waals surface area contributed by atoms with E-state index in [1.165, 1.54) is 32.2 Å². The second kappa shape index (κ2) is 2.46. The maximum absolute atomic E-state index is 9.86. The molecular formula is C10H17NO. The normalized spacial score (nSPS) is 57.2. The molecule has 4 bridgehead atoms. The van der Waals surface area contributed by atoms with E-state index in [4.69, 9.17) is 0 Å². The van der Waals surface area contributed by atoms with Gasteiger partial charge >= 0.3 is 0 Å². The Labute approximate surface area is 73.6 Å². The molecule has 0 aromatic carbocycles. The van der Waals surface area contributed by atoms with Crippen LogP contribution in [0.5, 0.6) is 0 Å². The van der Waals surface area contributed by atoms with Gasteiger partial charge in [0, 0.05) is 12.1 Å². The summed E-state index contributed by atoms with van der Waals surface area (Å²) < 4.78 is 0. The molecule has 3 aliphatic rings. The van der Waals surface area contributed by atoms with Gasteiger partial charge < -0.3 is 5.11 Å². The van der Waals surface area contributed by atoms with Gasteiger partial charge in [-0.05, 0) is 44.6 Å². The highest BCUT2D eigenvalue weighted by molar-refractivity contribution is 5.03. The molecule has 0 saturated carbocycles. The van der Waals surface area contributed by atoms with Gasteiger partial charge in [0.1, 0.15) is 0 Å². The molecule has 3 aliphatic heterocycles. The number of rotatable bonds is 0. The van der Waals surface area contributed by atoms with Crippen LogP contribution in [0.25, 0.3) is 0 Å². The van der Waals surface area contributed by atoms with Crippen LogP contribution >= 0.6 is 0 Å². The monoisotopic (exact) mass is 167 g/mol. The van der Waals surface area contributed by atoms with E-state index in [2.05, 4.69) is 4.90 Å². The molecule has 0 aromatic rings. The van der Waals surface area contributed by atoms with Crippen molar-refractivity contribution < 1.29 is 5.11 Å². The molecule has 3 saturated heterocycles. The smallest absolute Gasteiger partial charge is 0.0698 e. The first-order chi connectivity index (χ1) is 5.86. The van der Waals surface area contributed by atoms with Crippen molar-refractivity contribution in [2.45, 2.75) is 50.3 Å². The van der Waals surface area contributed by atoms with Crippen LogP contribution in [-0.4, -0.2) is 34.7 Å². The molecule has 0 aromatic heterocycles. The summed E-state index contributed by atoms with van der Waals surface area (Å²) in [4.78, 5) is 2.59. The van der Waals surface area contributed by atoms with Crippen LogP contribution < -0.4 is 0 Å². The largest absolute Gasteiger partial charge is 0.391 e. The zero-order valence-corrected chi connectivity index (χ0v) is 7.45. The quantitative estimate of drug-likeness (QED) is 0.581. The molecule has 0 spiro atoms. The molecule has 68 valence electrons. The highest BCUT2D eigenvalue weighted by Gasteiger charge is 2.49. The molecule has 1 unspecified atom stereocenters. The van der Waals surface area contributed by atoms with E-state index < -0.39 is 0 Å². The van der Waals surface area contributed by atoms with Gasteiger partial charge in [0.15, 0.2) is 0 Å². The number of hydrogen-bond donors (Lipinski definition) is 1. The zero-order chi connectivity index (χ0) is 8.13. The molecule has 2 heteroatoms. The van der Waals surface area contributed by atoms with Crippen LogP contribution in [0.2, 0.25) is 0 Å². The Balaban J connectivity index is 1.92. The van der Waals surface area contributed by atoms with Crippen LogP contribution in [0, 0.1) is 5.92 Å². The standard InChI is InChI=1S/C10H17NO/c12-9-4-3-8-6-7-2-1-5-11(8)10(7)9/h7-10,12H,1-6H2/t7-,8-,9-,10-/m0/s1. The van der Waals surface area contributed by atoms with Crippen molar-refractivity contribution in [2.75, 3.05) is 6.54 Å². The summed E-state index contributed by atoms with van der Waals surface area (Å²) in [7, 11) is 0. The fourth-order valence-electron chi connectivity index (χ4n) is 3.65. The summed E-state index contributed by atoms with van der Waals surface area (Å²) in [5.41, 5.74) is 0. The Morgan fingerprint density at radius 2 is 2.08 bits per heavy atom. The van der Waals surface area contributed by atoms with Gasteiger partial charge in [-0.3, -0.25) is 4.90 Å². The molecule has 5 atom stereocenters. The molecule has 3 fully saturated rings. The van der Waals surface area contributed by atoms with Gasteiger partial charge in [-0.25, -0.2) is 0 Å². The molecule has 3 heterocycles. The van der Waals surface area contributed by atoms with E-state index in [0.29, 0.717) is 6.04 Å². The number of aliphatic hydroxyl groups excluding tert-OH is 1. The Bertz CT molecular complexity index is 194. The first-order valence-corrected chi connectivity index (χ1v) is 5.30. The number of piperidine rings is 2. The van der Waals surface area contributed by atoms with Gasteiger partial charge in [-0.15, -0.1) is 0 Å². The molecule has 0 amide bonds. The zero-order valence-electron chi connectivity index (χ0n) is 7.45. The second-order valence-electron chi connectivity index (χ2n) is 4.66. The minimum absolute atomic E-state index is 0.00551. The Kier molecular flexibility index (Phi) is 1.50. The molecule has 0 aliphatic carbocycles. The third-order valence-corrected chi connectivity index (χ3v) is 4.09. The average Bonchev–Trinajstić information content (AvgIpc) is 2.24. The van der Waals surface area contributed by atoms with Gasteiger partial charge in [-0.2, -0.15) is 0 Å². The van der Waals surface area contributed by atoms with Crippen LogP contribution in [0.4, 0.5) is 0 Å². The van der Waals surface area contributed by atoms with Crippen LogP contribution in [-0.2, 0) is 0 Å². The number of aliphatic hydroxyl groups is 1. The third-order valence-electron chi connectivity index (χ3n) is 4.09. The van der Waals surface area contributed by atoms with Gasteiger partial charge in [0.2, 0.25) is 0 Å². The number of nitrogens with zero attached hydrogens (tertiary/aromatic N) is 1.